The zero-order valence-electron chi connectivity index (χ0n) is 15.5. The fraction of sp³-hybridized carbons (Fsp3) is 0.588. The number of nitrogens with zero attached hydrogens (tertiary/aromatic N) is 3. The maximum atomic E-state index is 12.2. The Labute approximate surface area is 147 Å². The Bertz CT molecular complexity index is 726. The summed E-state index contributed by atoms with van der Waals surface area (Å²) >= 11 is 1.64. The number of hydrogen-bond donors (Lipinski definition) is 2. The fourth-order valence-electron chi connectivity index (χ4n) is 2.47. The lowest BCUT2D eigenvalue weighted by Crippen LogP contribution is -2.37. The Morgan fingerprint density at radius 1 is 1.33 bits per heavy atom. The van der Waals surface area contributed by atoms with Crippen molar-refractivity contribution in [2.45, 2.75) is 66.6 Å². The summed E-state index contributed by atoms with van der Waals surface area (Å²) in [7, 11) is 0. The van der Waals surface area contributed by atoms with Crippen LogP contribution in [-0.2, 0) is 12.1 Å². The highest BCUT2D eigenvalue weighted by Crippen LogP contribution is 2.21. The second-order valence-electron chi connectivity index (χ2n) is 7.07. The van der Waals surface area contributed by atoms with E-state index in [9.17, 15) is 4.79 Å². The molecule has 0 saturated heterocycles. The van der Waals surface area contributed by atoms with E-state index in [0.29, 0.717) is 6.54 Å². The first-order valence-electron chi connectivity index (χ1n) is 8.12. The molecule has 7 heteroatoms. The number of aryl methyl sites for hydroxylation is 3. The standard InChI is InChI=1S/C17H27N5OS/c1-10(14-9-22(17(5,6)7)21-11(14)2)19-16(23)18-8-15-12(3)24-13(4)20-15/h9-10H,8H2,1-7H3,(H2,18,19,23)/t10-/m0/s1. The van der Waals surface area contributed by atoms with Crippen molar-refractivity contribution < 1.29 is 4.79 Å². The summed E-state index contributed by atoms with van der Waals surface area (Å²) in [5, 5.41) is 11.4. The quantitative estimate of drug-likeness (QED) is 0.886. The molecule has 0 aromatic carbocycles. The molecule has 0 aliphatic heterocycles. The van der Waals surface area contributed by atoms with Crippen molar-refractivity contribution in [1.82, 2.24) is 25.4 Å². The Hall–Kier alpha value is -1.89. The molecule has 0 aliphatic rings. The topological polar surface area (TPSA) is 71.8 Å². The maximum Gasteiger partial charge on any atom is 0.315 e. The van der Waals surface area contributed by atoms with Gasteiger partial charge in [-0.25, -0.2) is 9.78 Å². The summed E-state index contributed by atoms with van der Waals surface area (Å²) in [5.74, 6) is 0. The number of rotatable bonds is 4. The van der Waals surface area contributed by atoms with Crippen LogP contribution < -0.4 is 10.6 Å². The number of thiazole rings is 1. The molecule has 1 atom stereocenters. The number of hydrogen-bond acceptors (Lipinski definition) is 4. The smallest absolute Gasteiger partial charge is 0.315 e. The van der Waals surface area contributed by atoms with E-state index in [1.807, 2.05) is 38.6 Å². The molecule has 2 aromatic rings. The predicted molar refractivity (Wildman–Crippen MR) is 97.3 cm³/mol. The molecule has 0 aliphatic carbocycles. The molecule has 2 amide bonds. The van der Waals surface area contributed by atoms with Gasteiger partial charge in [-0.15, -0.1) is 11.3 Å². The van der Waals surface area contributed by atoms with Crippen LogP contribution in [0, 0.1) is 20.8 Å². The van der Waals surface area contributed by atoms with Crippen LogP contribution in [0.5, 0.6) is 0 Å². The third-order valence-electron chi connectivity index (χ3n) is 3.85. The van der Waals surface area contributed by atoms with Gasteiger partial charge in [0.05, 0.1) is 34.5 Å². The van der Waals surface area contributed by atoms with Gasteiger partial charge in [0.25, 0.3) is 0 Å². The summed E-state index contributed by atoms with van der Waals surface area (Å²) in [5.41, 5.74) is 2.81. The van der Waals surface area contributed by atoms with Crippen LogP contribution in [0.1, 0.15) is 60.6 Å². The first kappa shape index (κ1) is 18.4. The maximum absolute atomic E-state index is 12.2. The molecular formula is C17H27N5OS. The van der Waals surface area contributed by atoms with Gasteiger partial charge in [-0.3, -0.25) is 4.68 Å². The molecule has 2 N–H and O–H groups in total. The Balaban J connectivity index is 1.96. The van der Waals surface area contributed by atoms with Gasteiger partial charge < -0.3 is 10.6 Å². The third kappa shape index (κ3) is 4.35. The summed E-state index contributed by atoms with van der Waals surface area (Å²) < 4.78 is 1.94. The van der Waals surface area contributed by atoms with E-state index < -0.39 is 0 Å². The molecule has 0 fully saturated rings. The predicted octanol–water partition coefficient (Wildman–Crippen LogP) is 3.58. The van der Waals surface area contributed by atoms with E-state index in [1.54, 1.807) is 11.3 Å². The van der Waals surface area contributed by atoms with Crippen LogP contribution >= 0.6 is 11.3 Å². The summed E-state index contributed by atoms with van der Waals surface area (Å²) in [6.45, 7) is 14.7. The normalized spacial score (nSPS) is 13.0. The highest BCUT2D eigenvalue weighted by atomic mass is 32.1. The minimum Gasteiger partial charge on any atom is -0.332 e. The van der Waals surface area contributed by atoms with Crippen LogP contribution in [-0.4, -0.2) is 20.8 Å². The van der Waals surface area contributed by atoms with Crippen molar-refractivity contribution in [3.8, 4) is 0 Å². The van der Waals surface area contributed by atoms with Crippen molar-refractivity contribution in [2.75, 3.05) is 0 Å². The Morgan fingerprint density at radius 2 is 2.00 bits per heavy atom. The van der Waals surface area contributed by atoms with Gasteiger partial charge in [0, 0.05) is 16.6 Å². The largest absolute Gasteiger partial charge is 0.332 e. The second kappa shape index (κ2) is 6.93. The third-order valence-corrected chi connectivity index (χ3v) is 4.78. The van der Waals surface area contributed by atoms with Gasteiger partial charge in [-0.1, -0.05) is 0 Å². The monoisotopic (exact) mass is 349 g/mol. The van der Waals surface area contributed by atoms with Gasteiger partial charge >= 0.3 is 6.03 Å². The molecule has 132 valence electrons. The lowest BCUT2D eigenvalue weighted by Gasteiger charge is -2.19. The van der Waals surface area contributed by atoms with Gasteiger partial charge in [0.2, 0.25) is 0 Å². The first-order valence-corrected chi connectivity index (χ1v) is 8.93. The zero-order valence-corrected chi connectivity index (χ0v) is 16.3. The summed E-state index contributed by atoms with van der Waals surface area (Å²) in [6, 6.07) is -0.310. The number of urea groups is 1. The summed E-state index contributed by atoms with van der Waals surface area (Å²) in [4.78, 5) is 17.7. The highest BCUT2D eigenvalue weighted by Gasteiger charge is 2.20. The van der Waals surface area contributed by atoms with E-state index in [4.69, 9.17) is 0 Å². The van der Waals surface area contributed by atoms with Crippen LogP contribution in [0.25, 0.3) is 0 Å². The number of carbonyl (C=O) groups is 1. The van der Waals surface area contributed by atoms with Gasteiger partial charge in [-0.2, -0.15) is 5.10 Å². The lowest BCUT2D eigenvalue weighted by atomic mass is 10.1. The minimum absolute atomic E-state index is 0.0784. The van der Waals surface area contributed by atoms with Crippen molar-refractivity contribution in [2.24, 2.45) is 0 Å². The fourth-order valence-corrected chi connectivity index (χ4v) is 3.30. The SMILES string of the molecule is Cc1nc(CNC(=O)N[C@@H](C)c2cn(C(C)(C)C)nc2C)c(C)s1. The van der Waals surface area contributed by atoms with Crippen molar-refractivity contribution >= 4 is 17.4 Å². The Morgan fingerprint density at radius 3 is 2.50 bits per heavy atom. The van der Waals surface area contributed by atoms with Crippen molar-refractivity contribution in [3.05, 3.63) is 33.0 Å². The van der Waals surface area contributed by atoms with Gasteiger partial charge in [0.15, 0.2) is 0 Å². The lowest BCUT2D eigenvalue weighted by molar-refractivity contribution is 0.237. The molecule has 0 saturated carbocycles. The highest BCUT2D eigenvalue weighted by molar-refractivity contribution is 7.11. The molecule has 24 heavy (non-hydrogen) atoms. The average molecular weight is 350 g/mol. The zero-order chi connectivity index (χ0) is 18.1. The van der Waals surface area contributed by atoms with Crippen LogP contribution in [0.2, 0.25) is 0 Å². The van der Waals surface area contributed by atoms with Crippen molar-refractivity contribution in [3.63, 3.8) is 0 Å². The summed E-state index contributed by atoms with van der Waals surface area (Å²) in [6.07, 6.45) is 2.01. The van der Waals surface area contributed by atoms with Crippen LogP contribution in [0.15, 0.2) is 6.20 Å². The molecule has 2 heterocycles. The molecule has 0 spiro atoms. The molecule has 0 bridgehead atoms. The first-order chi connectivity index (χ1) is 11.1. The molecule has 0 unspecified atom stereocenters. The Kier molecular flexibility index (Phi) is 5.32. The molecular weight excluding hydrogens is 322 g/mol. The molecule has 2 rings (SSSR count). The van der Waals surface area contributed by atoms with Gasteiger partial charge in [-0.05, 0) is 48.5 Å². The number of amides is 2. The van der Waals surface area contributed by atoms with E-state index in [1.165, 1.54) is 0 Å². The molecule has 6 nitrogen and oxygen atoms in total. The number of carbonyl (C=O) groups excluding carboxylic acids is 1. The molecule has 0 radical (unpaired) electrons. The van der Waals surface area contributed by atoms with Crippen LogP contribution in [0.4, 0.5) is 4.79 Å². The molecule has 2 aromatic heterocycles. The van der Waals surface area contributed by atoms with E-state index >= 15 is 0 Å². The van der Waals surface area contributed by atoms with Crippen molar-refractivity contribution in [1.29, 1.82) is 0 Å². The van der Waals surface area contributed by atoms with Crippen LogP contribution in [0.3, 0.4) is 0 Å². The minimum atomic E-state index is -0.199. The van der Waals surface area contributed by atoms with E-state index in [2.05, 4.69) is 41.5 Å². The van der Waals surface area contributed by atoms with Gasteiger partial charge in [0.1, 0.15) is 0 Å². The van der Waals surface area contributed by atoms with E-state index in [-0.39, 0.29) is 17.6 Å². The average Bonchev–Trinajstić information content (AvgIpc) is 2.98. The number of nitrogens with one attached hydrogen (secondary N) is 2. The van der Waals surface area contributed by atoms with E-state index in [0.717, 1.165) is 26.8 Å². The second-order valence-corrected chi connectivity index (χ2v) is 8.48. The number of aromatic nitrogens is 3.